The smallest absolute Gasteiger partial charge is 0.387 e. The lowest BCUT2D eigenvalue weighted by molar-refractivity contribution is -0.0505. The Morgan fingerprint density at radius 1 is 1.19 bits per heavy atom. The number of pyridine rings is 1. The highest BCUT2D eigenvalue weighted by Crippen LogP contribution is 2.53. The molecule has 6 rings (SSSR count). The van der Waals surface area contributed by atoms with E-state index in [0.29, 0.717) is 17.5 Å². The summed E-state index contributed by atoms with van der Waals surface area (Å²) in [6.45, 7) is -2.96. The van der Waals surface area contributed by atoms with Crippen molar-refractivity contribution in [2.45, 2.75) is 50.7 Å². The van der Waals surface area contributed by atoms with Gasteiger partial charge in [0, 0.05) is 35.9 Å². The molecule has 2 atom stereocenters. The number of halogens is 2. The van der Waals surface area contributed by atoms with Crippen molar-refractivity contribution in [3.8, 4) is 5.75 Å². The normalized spacial score (nSPS) is 22.1. The fourth-order valence-electron chi connectivity index (χ4n) is 5.66. The molecule has 2 aromatic heterocycles. The lowest BCUT2D eigenvalue weighted by Gasteiger charge is -2.23. The summed E-state index contributed by atoms with van der Waals surface area (Å²) in [6, 6.07) is 8.89. The van der Waals surface area contributed by atoms with E-state index in [0.717, 1.165) is 29.6 Å². The summed E-state index contributed by atoms with van der Waals surface area (Å²) < 4.78 is 33.2. The summed E-state index contributed by atoms with van der Waals surface area (Å²) in [4.78, 5) is 14.9. The fourth-order valence-corrected chi connectivity index (χ4v) is 5.66. The number of allylic oxidation sites excluding steroid dienone is 2. The Morgan fingerprint density at radius 2 is 2.06 bits per heavy atom. The van der Waals surface area contributed by atoms with E-state index in [1.165, 1.54) is 30.0 Å². The second-order valence-corrected chi connectivity index (χ2v) is 8.84. The van der Waals surface area contributed by atoms with E-state index in [2.05, 4.69) is 18.2 Å². The predicted octanol–water partition coefficient (Wildman–Crippen LogP) is 5.56. The summed E-state index contributed by atoms with van der Waals surface area (Å²) in [7, 11) is 1.76. The molecule has 1 aromatic carbocycles. The largest absolute Gasteiger partial charge is 0.434 e. The topological polar surface area (TPSA) is 46.8 Å². The monoisotopic (exact) mass is 435 g/mol. The molecule has 32 heavy (non-hydrogen) atoms. The first-order valence-electron chi connectivity index (χ1n) is 11.1. The third-order valence-corrected chi connectivity index (χ3v) is 7.14. The predicted molar refractivity (Wildman–Crippen MR) is 116 cm³/mol. The molecule has 3 aliphatic rings. The van der Waals surface area contributed by atoms with Crippen LogP contribution in [0.15, 0.2) is 42.6 Å². The summed E-state index contributed by atoms with van der Waals surface area (Å²) in [6.07, 6.45) is 9.46. The number of benzene rings is 1. The number of hydrogen-bond acceptors (Lipinski definition) is 3. The van der Waals surface area contributed by atoms with Gasteiger partial charge in [-0.3, -0.25) is 4.79 Å². The van der Waals surface area contributed by atoms with Crippen LogP contribution in [0.5, 0.6) is 5.75 Å². The maximum absolute atomic E-state index is 13.2. The molecule has 3 aromatic rings. The lowest BCUT2D eigenvalue weighted by Crippen LogP contribution is -2.30. The number of nitrogens with zero attached hydrogens (tertiary/aromatic N) is 3. The van der Waals surface area contributed by atoms with Crippen molar-refractivity contribution in [2.24, 2.45) is 0 Å². The van der Waals surface area contributed by atoms with Gasteiger partial charge in [-0.25, -0.2) is 4.52 Å². The molecule has 0 radical (unpaired) electrons. The molecule has 0 fully saturated rings. The van der Waals surface area contributed by atoms with Gasteiger partial charge in [0.15, 0.2) is 0 Å². The van der Waals surface area contributed by atoms with E-state index in [1.807, 2.05) is 10.7 Å². The Bertz CT molecular complexity index is 1280. The van der Waals surface area contributed by atoms with E-state index in [-0.39, 0.29) is 23.6 Å². The number of fused-ring (bicyclic) bond motifs is 9. The molecule has 2 bridgehead atoms. The van der Waals surface area contributed by atoms with Gasteiger partial charge in [0.05, 0.1) is 17.3 Å². The molecular weight excluding hydrogens is 412 g/mol. The van der Waals surface area contributed by atoms with Gasteiger partial charge in [-0.05, 0) is 67.5 Å². The molecule has 2 aliphatic carbocycles. The van der Waals surface area contributed by atoms with Gasteiger partial charge in [0.25, 0.3) is 5.91 Å². The fraction of sp³-hybridized carbons (Fsp3) is 0.360. The third kappa shape index (κ3) is 2.80. The summed E-state index contributed by atoms with van der Waals surface area (Å²) in [5.41, 5.74) is 6.33. The molecular formula is C25H23F2N3O2. The number of hydrogen-bond donors (Lipinski definition) is 0. The second-order valence-electron chi connectivity index (χ2n) is 8.84. The average Bonchev–Trinajstić information content (AvgIpc) is 3.32. The van der Waals surface area contributed by atoms with E-state index >= 15 is 0 Å². The third-order valence-electron chi connectivity index (χ3n) is 7.14. The minimum absolute atomic E-state index is 0.0724. The standard InChI is InChI=1S/C25H23F2N3O2/c1-29-19-13-17(21-16(24(29)31)8-5-9-20(21)32-25(26)27)22-18-12-15(14-6-3-2-4-7-14)10-11-30(18)28-23(19)22/h5-6,8-12,17,19,25H,2-4,7,13H2,1H3. The molecule has 5 nitrogen and oxygen atoms in total. The number of alkyl halides is 2. The van der Waals surface area contributed by atoms with Gasteiger partial charge in [-0.15, -0.1) is 0 Å². The van der Waals surface area contributed by atoms with Gasteiger partial charge in [-0.2, -0.15) is 13.9 Å². The molecule has 2 unspecified atom stereocenters. The molecule has 1 aliphatic heterocycles. The molecule has 7 heteroatoms. The second kappa shape index (κ2) is 7.15. The van der Waals surface area contributed by atoms with Crippen molar-refractivity contribution in [2.75, 3.05) is 7.05 Å². The van der Waals surface area contributed by atoms with Crippen molar-refractivity contribution in [1.82, 2.24) is 14.5 Å². The minimum Gasteiger partial charge on any atom is -0.434 e. The average molecular weight is 435 g/mol. The van der Waals surface area contributed by atoms with Crippen molar-refractivity contribution in [3.05, 3.63) is 70.6 Å². The number of amides is 1. The van der Waals surface area contributed by atoms with E-state index < -0.39 is 6.61 Å². The first-order chi connectivity index (χ1) is 15.5. The first kappa shape index (κ1) is 19.5. The van der Waals surface area contributed by atoms with Gasteiger partial charge in [0.1, 0.15) is 5.75 Å². The maximum atomic E-state index is 13.2. The van der Waals surface area contributed by atoms with E-state index in [4.69, 9.17) is 9.84 Å². The Kier molecular flexibility index (Phi) is 4.35. The van der Waals surface area contributed by atoms with Crippen LogP contribution in [0.3, 0.4) is 0 Å². The highest BCUT2D eigenvalue weighted by Gasteiger charge is 2.46. The first-order valence-corrected chi connectivity index (χ1v) is 11.1. The molecule has 0 spiro atoms. The Labute approximate surface area is 184 Å². The van der Waals surface area contributed by atoms with Crippen molar-refractivity contribution in [1.29, 1.82) is 0 Å². The van der Waals surface area contributed by atoms with Gasteiger partial charge in [-0.1, -0.05) is 12.1 Å². The van der Waals surface area contributed by atoms with Crippen LogP contribution in [-0.4, -0.2) is 34.1 Å². The zero-order chi connectivity index (χ0) is 22.0. The molecule has 3 heterocycles. The van der Waals surface area contributed by atoms with Crippen LogP contribution in [0.2, 0.25) is 0 Å². The minimum atomic E-state index is -2.96. The quantitative estimate of drug-likeness (QED) is 0.542. The number of aromatic nitrogens is 2. The van der Waals surface area contributed by atoms with Crippen LogP contribution in [0.4, 0.5) is 8.78 Å². The number of carbonyl (C=O) groups excluding carboxylic acids is 1. The van der Waals surface area contributed by atoms with Gasteiger partial charge in [0.2, 0.25) is 0 Å². The Morgan fingerprint density at radius 3 is 2.84 bits per heavy atom. The molecule has 0 saturated heterocycles. The van der Waals surface area contributed by atoms with E-state index in [9.17, 15) is 13.6 Å². The number of rotatable bonds is 3. The van der Waals surface area contributed by atoms with Crippen LogP contribution < -0.4 is 4.74 Å². The molecule has 164 valence electrons. The molecule has 1 amide bonds. The van der Waals surface area contributed by atoms with Crippen LogP contribution in [0.25, 0.3) is 11.1 Å². The molecule has 0 N–H and O–H groups in total. The van der Waals surface area contributed by atoms with Crippen molar-refractivity contribution < 1.29 is 18.3 Å². The lowest BCUT2D eigenvalue weighted by atomic mass is 9.88. The summed E-state index contributed by atoms with van der Waals surface area (Å²) in [5, 5.41) is 4.83. The summed E-state index contributed by atoms with van der Waals surface area (Å²) in [5.74, 6) is -0.354. The Hall–Kier alpha value is -3.22. The number of ether oxygens (including phenoxy) is 1. The van der Waals surface area contributed by atoms with Crippen LogP contribution in [0.1, 0.15) is 76.8 Å². The van der Waals surface area contributed by atoms with Crippen molar-refractivity contribution in [3.63, 3.8) is 0 Å². The zero-order valence-electron chi connectivity index (χ0n) is 17.7. The highest BCUT2D eigenvalue weighted by atomic mass is 19.3. The van der Waals surface area contributed by atoms with Crippen LogP contribution in [-0.2, 0) is 0 Å². The van der Waals surface area contributed by atoms with Gasteiger partial charge < -0.3 is 9.64 Å². The number of carbonyl (C=O) groups is 1. The maximum Gasteiger partial charge on any atom is 0.387 e. The SMILES string of the molecule is CN1C(=O)c2cccc(OC(F)F)c2C2CC1c1nn3ccc(C4=CCCCC4)cc3c12. The zero-order valence-corrected chi connectivity index (χ0v) is 17.7. The van der Waals surface area contributed by atoms with Gasteiger partial charge >= 0.3 is 6.61 Å². The summed E-state index contributed by atoms with van der Waals surface area (Å²) >= 11 is 0. The van der Waals surface area contributed by atoms with Crippen molar-refractivity contribution >= 4 is 17.0 Å². The highest BCUT2D eigenvalue weighted by molar-refractivity contribution is 5.98. The Balaban J connectivity index is 1.58. The van der Waals surface area contributed by atoms with E-state index in [1.54, 1.807) is 24.1 Å². The van der Waals surface area contributed by atoms with Crippen LogP contribution in [0, 0.1) is 0 Å². The van der Waals surface area contributed by atoms with Crippen LogP contribution >= 0.6 is 0 Å². The molecule has 0 saturated carbocycles.